The molecule has 1 heterocycles. The second kappa shape index (κ2) is 6.42. The smallest absolute Gasteiger partial charge is 0.344 e. The van der Waals surface area contributed by atoms with Gasteiger partial charge in [0.1, 0.15) is 5.58 Å². The molecule has 1 aliphatic rings. The molecular formula is C21H19NO4. The Bertz CT molecular complexity index is 1030. The van der Waals surface area contributed by atoms with Gasteiger partial charge in [-0.15, -0.1) is 0 Å². The molecule has 0 bridgehead atoms. The maximum Gasteiger partial charge on any atom is 0.344 e. The Kier molecular flexibility index (Phi) is 4.09. The van der Waals surface area contributed by atoms with E-state index in [-0.39, 0.29) is 17.9 Å². The second-order valence-electron chi connectivity index (χ2n) is 6.91. The lowest BCUT2D eigenvalue weighted by atomic mass is 10.0. The molecular weight excluding hydrogens is 330 g/mol. The van der Waals surface area contributed by atoms with E-state index in [2.05, 4.69) is 5.32 Å². The zero-order valence-electron chi connectivity index (χ0n) is 14.2. The third-order valence-corrected chi connectivity index (χ3v) is 4.99. The third kappa shape index (κ3) is 3.13. The molecule has 2 aromatic carbocycles. The predicted octanol–water partition coefficient (Wildman–Crippen LogP) is 2.96. The summed E-state index contributed by atoms with van der Waals surface area (Å²) in [5.74, 6) is -0.211. The Morgan fingerprint density at radius 1 is 1.12 bits per heavy atom. The van der Waals surface area contributed by atoms with E-state index in [4.69, 9.17) is 4.42 Å². The van der Waals surface area contributed by atoms with E-state index >= 15 is 0 Å². The number of carbonyl (C=O) groups is 1. The molecule has 4 rings (SSSR count). The molecule has 1 amide bonds. The normalized spacial score (nSPS) is 15.0. The predicted molar refractivity (Wildman–Crippen MR) is 99.0 cm³/mol. The molecule has 0 spiro atoms. The summed E-state index contributed by atoms with van der Waals surface area (Å²) < 4.78 is 5.38. The van der Waals surface area contributed by atoms with E-state index in [1.807, 2.05) is 18.2 Å². The van der Waals surface area contributed by atoms with Gasteiger partial charge < -0.3 is 14.8 Å². The lowest BCUT2D eigenvalue weighted by Gasteiger charge is -2.13. The highest BCUT2D eigenvalue weighted by Crippen LogP contribution is 2.44. The van der Waals surface area contributed by atoms with Gasteiger partial charge in [0.15, 0.2) is 0 Å². The van der Waals surface area contributed by atoms with Crippen molar-refractivity contribution in [3.05, 3.63) is 70.6 Å². The summed E-state index contributed by atoms with van der Waals surface area (Å²) in [7, 11) is 0. The third-order valence-electron chi connectivity index (χ3n) is 4.99. The summed E-state index contributed by atoms with van der Waals surface area (Å²) in [6.45, 7) is 0.552. The Balaban J connectivity index is 1.62. The summed E-state index contributed by atoms with van der Waals surface area (Å²) in [6.07, 6.45) is 1.86. The summed E-state index contributed by atoms with van der Waals surface area (Å²) in [6, 6.07) is 16.0. The minimum absolute atomic E-state index is 0.0887. The molecule has 0 radical (unpaired) electrons. The van der Waals surface area contributed by atoms with Gasteiger partial charge in [0.2, 0.25) is 0 Å². The fourth-order valence-electron chi connectivity index (χ4n) is 3.03. The molecule has 2 N–H and O–H groups in total. The van der Waals surface area contributed by atoms with Crippen LogP contribution in [0.5, 0.6) is 0 Å². The molecule has 26 heavy (non-hydrogen) atoms. The van der Waals surface area contributed by atoms with Gasteiger partial charge in [-0.2, -0.15) is 0 Å². The van der Waals surface area contributed by atoms with Crippen LogP contribution < -0.4 is 10.9 Å². The first-order chi connectivity index (χ1) is 12.6. The van der Waals surface area contributed by atoms with Crippen molar-refractivity contribution in [2.24, 2.45) is 5.41 Å². The number of aliphatic hydroxyl groups excluding tert-OH is 1. The van der Waals surface area contributed by atoms with Gasteiger partial charge in [0.05, 0.1) is 12.2 Å². The number of rotatable bonds is 5. The van der Waals surface area contributed by atoms with E-state index in [0.717, 1.165) is 18.2 Å². The fraction of sp³-hybridized carbons (Fsp3) is 0.238. The zero-order chi connectivity index (χ0) is 18.1. The van der Waals surface area contributed by atoms with Crippen molar-refractivity contribution < 1.29 is 14.3 Å². The molecule has 1 aromatic heterocycles. The Morgan fingerprint density at radius 2 is 1.92 bits per heavy atom. The minimum atomic E-state index is -0.432. The first-order valence-corrected chi connectivity index (χ1v) is 8.63. The van der Waals surface area contributed by atoms with Crippen molar-refractivity contribution >= 4 is 16.9 Å². The van der Waals surface area contributed by atoms with Crippen LogP contribution in [0.25, 0.3) is 22.1 Å². The average molecular weight is 349 g/mol. The van der Waals surface area contributed by atoms with Gasteiger partial charge in [-0.25, -0.2) is 4.79 Å². The highest BCUT2D eigenvalue weighted by molar-refractivity contribution is 5.95. The number of carbonyl (C=O) groups excluding carboxylic acids is 1. The van der Waals surface area contributed by atoms with Crippen molar-refractivity contribution in [3.63, 3.8) is 0 Å². The zero-order valence-corrected chi connectivity index (χ0v) is 14.2. The van der Waals surface area contributed by atoms with Crippen LogP contribution in [0.1, 0.15) is 23.2 Å². The maximum atomic E-state index is 12.4. The molecule has 0 atom stereocenters. The van der Waals surface area contributed by atoms with Crippen LogP contribution in [0, 0.1) is 5.41 Å². The van der Waals surface area contributed by atoms with Gasteiger partial charge in [0, 0.05) is 22.9 Å². The molecule has 0 aliphatic heterocycles. The average Bonchev–Trinajstić information content (AvgIpc) is 3.46. The van der Waals surface area contributed by atoms with Crippen molar-refractivity contribution in [1.29, 1.82) is 0 Å². The second-order valence-corrected chi connectivity index (χ2v) is 6.91. The molecule has 5 heteroatoms. The molecule has 0 saturated heterocycles. The summed E-state index contributed by atoms with van der Waals surface area (Å²) in [5.41, 5.74) is 1.50. The Hall–Kier alpha value is -2.92. The number of nitrogens with one attached hydrogen (secondary N) is 1. The number of hydrogen-bond donors (Lipinski definition) is 2. The van der Waals surface area contributed by atoms with Gasteiger partial charge in [-0.1, -0.05) is 30.3 Å². The van der Waals surface area contributed by atoms with E-state index in [1.165, 1.54) is 0 Å². The standard InChI is InChI=1S/C21H19NO4/c23-13-21(8-9-21)12-22-19(24)16-6-3-5-14(10-16)17-11-15-4-1-2-7-18(15)26-20(17)25/h1-7,10-11,23H,8-9,12-13H2,(H,22,24). The molecule has 1 saturated carbocycles. The Labute approximate surface area is 150 Å². The summed E-state index contributed by atoms with van der Waals surface area (Å²) >= 11 is 0. The minimum Gasteiger partial charge on any atom is -0.422 e. The Morgan fingerprint density at radius 3 is 2.69 bits per heavy atom. The number of hydrogen-bond acceptors (Lipinski definition) is 4. The number of fused-ring (bicyclic) bond motifs is 1. The molecule has 5 nitrogen and oxygen atoms in total. The number of para-hydroxylation sites is 1. The molecule has 1 fully saturated rings. The SMILES string of the molecule is O=C(NCC1(CO)CC1)c1cccc(-c2cc3ccccc3oc2=O)c1. The largest absolute Gasteiger partial charge is 0.422 e. The van der Waals surface area contributed by atoms with Crippen LogP contribution in [0.4, 0.5) is 0 Å². The van der Waals surface area contributed by atoms with Crippen LogP contribution in [-0.2, 0) is 0 Å². The quantitative estimate of drug-likeness (QED) is 0.694. The maximum absolute atomic E-state index is 12.4. The lowest BCUT2D eigenvalue weighted by molar-refractivity contribution is 0.0935. The highest BCUT2D eigenvalue weighted by Gasteiger charge is 2.42. The van der Waals surface area contributed by atoms with Gasteiger partial charge >= 0.3 is 5.63 Å². The highest BCUT2D eigenvalue weighted by atomic mass is 16.4. The summed E-state index contributed by atoms with van der Waals surface area (Å²) in [5, 5.41) is 13.1. The molecule has 132 valence electrons. The van der Waals surface area contributed by atoms with Gasteiger partial charge in [0.25, 0.3) is 5.91 Å². The molecule has 1 aliphatic carbocycles. The van der Waals surface area contributed by atoms with Crippen molar-refractivity contribution in [3.8, 4) is 11.1 Å². The summed E-state index contributed by atoms with van der Waals surface area (Å²) in [4.78, 5) is 24.7. The van der Waals surface area contributed by atoms with Gasteiger partial charge in [-0.05, 0) is 42.7 Å². The number of aliphatic hydroxyl groups is 1. The topological polar surface area (TPSA) is 79.5 Å². The number of benzene rings is 2. The van der Waals surface area contributed by atoms with E-state index in [1.54, 1.807) is 36.4 Å². The van der Waals surface area contributed by atoms with Crippen molar-refractivity contribution in [2.75, 3.05) is 13.2 Å². The van der Waals surface area contributed by atoms with Crippen LogP contribution in [0.2, 0.25) is 0 Å². The van der Waals surface area contributed by atoms with E-state index < -0.39 is 5.63 Å². The van der Waals surface area contributed by atoms with Crippen LogP contribution in [0.15, 0.2) is 63.8 Å². The lowest BCUT2D eigenvalue weighted by Crippen LogP contribution is -2.31. The molecule has 3 aromatic rings. The van der Waals surface area contributed by atoms with Crippen LogP contribution in [-0.4, -0.2) is 24.2 Å². The monoisotopic (exact) mass is 349 g/mol. The fourth-order valence-corrected chi connectivity index (χ4v) is 3.03. The first kappa shape index (κ1) is 16.5. The first-order valence-electron chi connectivity index (χ1n) is 8.63. The number of amides is 1. The van der Waals surface area contributed by atoms with Gasteiger partial charge in [-0.3, -0.25) is 4.79 Å². The van der Waals surface area contributed by atoms with Crippen molar-refractivity contribution in [1.82, 2.24) is 5.32 Å². The molecule has 0 unspecified atom stereocenters. The van der Waals surface area contributed by atoms with Crippen molar-refractivity contribution in [2.45, 2.75) is 12.8 Å². The van der Waals surface area contributed by atoms with Crippen LogP contribution in [0.3, 0.4) is 0 Å². The van der Waals surface area contributed by atoms with E-state index in [9.17, 15) is 14.7 Å². The van der Waals surface area contributed by atoms with Crippen LogP contribution >= 0.6 is 0 Å². The van der Waals surface area contributed by atoms with E-state index in [0.29, 0.717) is 28.8 Å².